The first-order valence-electron chi connectivity index (χ1n) is 3.85. The Hall–Kier alpha value is -1.68. The van der Waals surface area contributed by atoms with Gasteiger partial charge in [0.25, 0.3) is 11.8 Å². The molecule has 0 fully saturated rings. The third-order valence-corrected chi connectivity index (χ3v) is 2.07. The van der Waals surface area contributed by atoms with Crippen molar-refractivity contribution in [3.63, 3.8) is 0 Å². The molecule has 1 aliphatic heterocycles. The number of amides is 2. The molecule has 13 heavy (non-hydrogen) atoms. The van der Waals surface area contributed by atoms with E-state index in [1.165, 1.54) is 0 Å². The lowest BCUT2D eigenvalue weighted by Crippen LogP contribution is -2.36. The summed E-state index contributed by atoms with van der Waals surface area (Å²) in [6.07, 6.45) is 0. The number of carbonyl (C=O) groups is 2. The number of carbonyl (C=O) groups excluding carboxylic acids is 2. The maximum Gasteiger partial charge on any atom is 0.275 e. The molecular weight excluding hydrogens is 168 g/mol. The fourth-order valence-electron chi connectivity index (χ4n) is 1.37. The molecule has 2 rings (SSSR count). The number of imide groups is 1. The Morgan fingerprint density at radius 2 is 1.77 bits per heavy atom. The smallest absolute Gasteiger partial charge is 0.267 e. The number of benzene rings is 1. The van der Waals surface area contributed by atoms with Crippen molar-refractivity contribution in [2.45, 2.75) is 6.92 Å². The topological polar surface area (TPSA) is 63.4 Å². The maximum absolute atomic E-state index is 11.3. The van der Waals surface area contributed by atoms with Gasteiger partial charge in [-0.05, 0) is 19.1 Å². The van der Waals surface area contributed by atoms with Crippen molar-refractivity contribution in [2.24, 2.45) is 5.84 Å². The highest BCUT2D eigenvalue weighted by Gasteiger charge is 2.33. The number of rotatable bonds is 0. The molecule has 1 aliphatic rings. The molecule has 1 heterocycles. The van der Waals surface area contributed by atoms with Crippen LogP contribution < -0.4 is 5.84 Å². The quantitative estimate of drug-likeness (QED) is 0.355. The van der Waals surface area contributed by atoms with Crippen LogP contribution in [0.3, 0.4) is 0 Å². The predicted molar refractivity (Wildman–Crippen MR) is 45.9 cm³/mol. The van der Waals surface area contributed by atoms with Gasteiger partial charge in [0.1, 0.15) is 0 Å². The van der Waals surface area contributed by atoms with E-state index in [2.05, 4.69) is 0 Å². The Kier molecular flexibility index (Phi) is 1.47. The first-order chi connectivity index (χ1) is 6.11. The molecule has 1 aromatic carbocycles. The zero-order valence-electron chi connectivity index (χ0n) is 7.07. The second-order valence-corrected chi connectivity index (χ2v) is 3.03. The summed E-state index contributed by atoms with van der Waals surface area (Å²) in [7, 11) is 0. The zero-order valence-corrected chi connectivity index (χ0v) is 7.07. The molecule has 0 aliphatic carbocycles. The van der Waals surface area contributed by atoms with Crippen LogP contribution >= 0.6 is 0 Å². The average molecular weight is 176 g/mol. The molecule has 1 aromatic rings. The molecule has 0 radical (unpaired) electrons. The van der Waals surface area contributed by atoms with E-state index in [-0.39, 0.29) is 0 Å². The molecule has 66 valence electrons. The monoisotopic (exact) mass is 176 g/mol. The van der Waals surface area contributed by atoms with Crippen molar-refractivity contribution >= 4 is 11.8 Å². The van der Waals surface area contributed by atoms with Gasteiger partial charge in [-0.1, -0.05) is 11.6 Å². The van der Waals surface area contributed by atoms with Crippen LogP contribution in [0.5, 0.6) is 0 Å². The van der Waals surface area contributed by atoms with Crippen LogP contribution in [-0.2, 0) is 0 Å². The predicted octanol–water partition coefficient (Wildman–Crippen LogP) is 0.465. The van der Waals surface area contributed by atoms with Crippen LogP contribution in [0.25, 0.3) is 0 Å². The number of hydrazine groups is 1. The minimum atomic E-state index is -0.431. The Morgan fingerprint density at radius 1 is 1.15 bits per heavy atom. The van der Waals surface area contributed by atoms with Crippen molar-refractivity contribution in [1.29, 1.82) is 0 Å². The zero-order chi connectivity index (χ0) is 9.59. The van der Waals surface area contributed by atoms with Crippen LogP contribution in [0.4, 0.5) is 0 Å². The number of aryl methyl sites for hydroxylation is 1. The van der Waals surface area contributed by atoms with Crippen molar-refractivity contribution in [2.75, 3.05) is 0 Å². The van der Waals surface area contributed by atoms with E-state index in [1.54, 1.807) is 18.2 Å². The Labute approximate surface area is 74.9 Å². The Balaban J connectivity index is 2.67. The van der Waals surface area contributed by atoms with Crippen LogP contribution in [0.15, 0.2) is 18.2 Å². The van der Waals surface area contributed by atoms with E-state index < -0.39 is 11.8 Å². The molecule has 0 saturated heterocycles. The van der Waals surface area contributed by atoms with E-state index in [0.29, 0.717) is 16.1 Å². The largest absolute Gasteiger partial charge is 0.275 e. The van der Waals surface area contributed by atoms with Crippen molar-refractivity contribution in [1.82, 2.24) is 5.01 Å². The van der Waals surface area contributed by atoms with E-state index >= 15 is 0 Å². The molecule has 0 atom stereocenters. The minimum Gasteiger partial charge on any atom is -0.267 e. The molecule has 2 amide bonds. The van der Waals surface area contributed by atoms with E-state index in [9.17, 15) is 9.59 Å². The van der Waals surface area contributed by atoms with Crippen molar-refractivity contribution in [3.05, 3.63) is 34.9 Å². The van der Waals surface area contributed by atoms with Gasteiger partial charge < -0.3 is 0 Å². The standard InChI is InChI=1S/C9H8N2O2/c1-5-2-3-6-7(4-5)9(13)11(10)8(6)12/h2-4H,10H2,1H3. The lowest BCUT2D eigenvalue weighted by molar-refractivity contribution is 0.0654. The second kappa shape index (κ2) is 2.40. The van der Waals surface area contributed by atoms with E-state index in [4.69, 9.17) is 5.84 Å². The third-order valence-electron chi connectivity index (χ3n) is 2.07. The molecular formula is C9H8N2O2. The van der Waals surface area contributed by atoms with Crippen LogP contribution in [0, 0.1) is 6.92 Å². The fraction of sp³-hybridized carbons (Fsp3) is 0.111. The number of nitrogens with zero attached hydrogens (tertiary/aromatic N) is 1. The third kappa shape index (κ3) is 0.957. The lowest BCUT2D eigenvalue weighted by Gasteiger charge is -2.02. The molecule has 0 bridgehead atoms. The highest BCUT2D eigenvalue weighted by Crippen LogP contribution is 2.20. The van der Waals surface area contributed by atoms with Crippen LogP contribution in [0.2, 0.25) is 0 Å². The Bertz CT molecular complexity index is 412. The van der Waals surface area contributed by atoms with E-state index in [0.717, 1.165) is 5.56 Å². The number of fused-ring (bicyclic) bond motifs is 1. The van der Waals surface area contributed by atoms with Gasteiger partial charge >= 0.3 is 0 Å². The summed E-state index contributed by atoms with van der Waals surface area (Å²) in [6.45, 7) is 1.86. The number of hydrogen-bond acceptors (Lipinski definition) is 3. The molecule has 4 nitrogen and oxygen atoms in total. The van der Waals surface area contributed by atoms with Gasteiger partial charge in [0.15, 0.2) is 0 Å². The summed E-state index contributed by atoms with van der Waals surface area (Å²) in [4.78, 5) is 22.6. The lowest BCUT2D eigenvalue weighted by atomic mass is 10.1. The second-order valence-electron chi connectivity index (χ2n) is 3.03. The first kappa shape index (κ1) is 7.94. The normalized spacial score (nSPS) is 15.1. The molecule has 2 N–H and O–H groups in total. The summed E-state index contributed by atoms with van der Waals surface area (Å²) in [5, 5.41) is 0.643. The SMILES string of the molecule is Cc1ccc2c(c1)C(=O)N(N)C2=O. The fourth-order valence-corrected chi connectivity index (χ4v) is 1.37. The summed E-state index contributed by atoms with van der Waals surface area (Å²) >= 11 is 0. The van der Waals surface area contributed by atoms with Gasteiger partial charge in [0.2, 0.25) is 0 Å². The Morgan fingerprint density at radius 3 is 2.46 bits per heavy atom. The highest BCUT2D eigenvalue weighted by molar-refractivity contribution is 6.20. The maximum atomic E-state index is 11.3. The average Bonchev–Trinajstić information content (AvgIpc) is 2.32. The van der Waals surface area contributed by atoms with Gasteiger partial charge in [0.05, 0.1) is 11.1 Å². The van der Waals surface area contributed by atoms with Gasteiger partial charge in [-0.2, -0.15) is 0 Å². The van der Waals surface area contributed by atoms with Gasteiger partial charge in [-0.3, -0.25) is 9.59 Å². The molecule has 0 unspecified atom stereocenters. The van der Waals surface area contributed by atoms with Crippen molar-refractivity contribution in [3.8, 4) is 0 Å². The number of hydrogen-bond donors (Lipinski definition) is 1. The summed E-state index contributed by atoms with van der Waals surface area (Å²) in [5.74, 6) is 4.40. The molecule has 4 heteroatoms. The van der Waals surface area contributed by atoms with Crippen LogP contribution in [0.1, 0.15) is 26.3 Å². The molecule has 0 saturated carbocycles. The van der Waals surface area contributed by atoms with Gasteiger partial charge in [-0.15, -0.1) is 0 Å². The van der Waals surface area contributed by atoms with Gasteiger partial charge in [-0.25, -0.2) is 10.9 Å². The highest BCUT2D eigenvalue weighted by atomic mass is 16.2. The van der Waals surface area contributed by atoms with Crippen LogP contribution in [-0.4, -0.2) is 16.8 Å². The minimum absolute atomic E-state index is 0.387. The summed E-state index contributed by atoms with van der Waals surface area (Å²) in [5.41, 5.74) is 1.72. The molecule has 0 aromatic heterocycles. The van der Waals surface area contributed by atoms with E-state index in [1.807, 2.05) is 6.92 Å². The van der Waals surface area contributed by atoms with Gasteiger partial charge in [0, 0.05) is 0 Å². The molecule has 0 spiro atoms. The summed E-state index contributed by atoms with van der Waals surface area (Å²) < 4.78 is 0. The van der Waals surface area contributed by atoms with Crippen molar-refractivity contribution < 1.29 is 9.59 Å². The number of nitrogens with two attached hydrogens (primary N) is 1. The first-order valence-corrected chi connectivity index (χ1v) is 3.85. The summed E-state index contributed by atoms with van der Waals surface area (Å²) in [6, 6.07) is 5.07.